The van der Waals surface area contributed by atoms with E-state index >= 15 is 0 Å². The molecule has 2 atom stereocenters. The van der Waals surface area contributed by atoms with E-state index in [0.717, 1.165) is 24.3 Å². The van der Waals surface area contributed by atoms with Gasteiger partial charge in [-0.25, -0.2) is 4.98 Å². The van der Waals surface area contributed by atoms with Crippen molar-refractivity contribution in [3.05, 3.63) is 23.6 Å². The molecule has 146 valence electrons. The number of thiazole rings is 1. The van der Waals surface area contributed by atoms with Crippen LogP contribution < -0.4 is 14.8 Å². The summed E-state index contributed by atoms with van der Waals surface area (Å²) in [6.45, 7) is 5.89. The molecule has 0 aliphatic carbocycles. The first kappa shape index (κ1) is 19.6. The molecule has 0 bridgehead atoms. The second kappa shape index (κ2) is 8.69. The highest BCUT2D eigenvalue weighted by atomic mass is 32.1. The molecule has 1 aliphatic heterocycles. The van der Waals surface area contributed by atoms with Crippen molar-refractivity contribution >= 4 is 22.4 Å². The number of carbonyl (C=O) groups is 1. The third-order valence-electron chi connectivity index (χ3n) is 4.30. The van der Waals surface area contributed by atoms with Gasteiger partial charge in [0.05, 0.1) is 38.7 Å². The predicted octanol–water partition coefficient (Wildman–Crippen LogP) is 2.88. The molecule has 3 rings (SSSR count). The fourth-order valence-electron chi connectivity index (χ4n) is 3.24. The zero-order chi connectivity index (χ0) is 19.4. The highest BCUT2D eigenvalue weighted by Gasteiger charge is 2.24. The van der Waals surface area contributed by atoms with Crippen LogP contribution in [-0.4, -0.2) is 61.9 Å². The number of hydrogen-bond acceptors (Lipinski definition) is 7. The SMILES string of the molecule is COc1ccc(-c2csc(NC(=O)CN3CC(C)OC(C)C3)n2)c(OC)c1. The largest absolute Gasteiger partial charge is 0.497 e. The summed E-state index contributed by atoms with van der Waals surface area (Å²) in [6, 6.07) is 5.57. The first-order chi connectivity index (χ1) is 13.0. The maximum Gasteiger partial charge on any atom is 0.240 e. The summed E-state index contributed by atoms with van der Waals surface area (Å²) in [7, 11) is 3.22. The summed E-state index contributed by atoms with van der Waals surface area (Å²) in [4.78, 5) is 19.0. The van der Waals surface area contributed by atoms with E-state index in [1.165, 1.54) is 11.3 Å². The minimum atomic E-state index is -0.0705. The lowest BCUT2D eigenvalue weighted by atomic mass is 10.1. The van der Waals surface area contributed by atoms with E-state index in [-0.39, 0.29) is 18.1 Å². The van der Waals surface area contributed by atoms with Crippen molar-refractivity contribution in [2.75, 3.05) is 39.2 Å². The summed E-state index contributed by atoms with van der Waals surface area (Å²) in [5.41, 5.74) is 1.61. The van der Waals surface area contributed by atoms with Crippen LogP contribution >= 0.6 is 11.3 Å². The molecule has 1 amide bonds. The van der Waals surface area contributed by atoms with Gasteiger partial charge in [-0.05, 0) is 26.0 Å². The van der Waals surface area contributed by atoms with Crippen LogP contribution in [0, 0.1) is 0 Å². The summed E-state index contributed by atoms with van der Waals surface area (Å²) in [5, 5.41) is 5.36. The van der Waals surface area contributed by atoms with Crippen LogP contribution in [0.4, 0.5) is 5.13 Å². The molecule has 27 heavy (non-hydrogen) atoms. The number of morpholine rings is 1. The van der Waals surface area contributed by atoms with Gasteiger partial charge in [0, 0.05) is 30.1 Å². The number of nitrogens with zero attached hydrogens (tertiary/aromatic N) is 2. The topological polar surface area (TPSA) is 72.9 Å². The number of rotatable bonds is 6. The van der Waals surface area contributed by atoms with Gasteiger partial charge >= 0.3 is 0 Å². The smallest absolute Gasteiger partial charge is 0.240 e. The molecule has 1 aromatic heterocycles. The van der Waals surface area contributed by atoms with Gasteiger partial charge in [-0.2, -0.15) is 0 Å². The monoisotopic (exact) mass is 391 g/mol. The molecule has 1 aliphatic rings. The highest BCUT2D eigenvalue weighted by molar-refractivity contribution is 7.14. The maximum atomic E-state index is 12.4. The Labute approximate surface area is 163 Å². The number of ether oxygens (including phenoxy) is 3. The molecule has 1 aromatic carbocycles. The van der Waals surface area contributed by atoms with Gasteiger partial charge in [-0.3, -0.25) is 9.69 Å². The summed E-state index contributed by atoms with van der Waals surface area (Å²) in [6.07, 6.45) is 0.270. The molecule has 2 heterocycles. The standard InChI is InChI=1S/C19H25N3O4S/c1-12-8-22(9-13(2)26-12)10-18(23)21-19-20-16(11-27-19)15-6-5-14(24-3)7-17(15)25-4/h5-7,11-13H,8-10H2,1-4H3,(H,20,21,23). The van der Waals surface area contributed by atoms with E-state index in [0.29, 0.717) is 23.2 Å². The zero-order valence-electron chi connectivity index (χ0n) is 16.0. The molecule has 2 aromatic rings. The predicted molar refractivity (Wildman–Crippen MR) is 106 cm³/mol. The average Bonchev–Trinajstić information content (AvgIpc) is 3.08. The van der Waals surface area contributed by atoms with Gasteiger partial charge in [0.15, 0.2) is 5.13 Å². The molecular weight excluding hydrogens is 366 g/mol. The molecule has 8 heteroatoms. The van der Waals surface area contributed by atoms with E-state index in [2.05, 4.69) is 15.2 Å². The Morgan fingerprint density at radius 3 is 2.70 bits per heavy atom. The molecular formula is C19H25N3O4S. The van der Waals surface area contributed by atoms with E-state index in [1.54, 1.807) is 14.2 Å². The maximum absolute atomic E-state index is 12.4. The first-order valence-corrected chi connectivity index (χ1v) is 9.72. The van der Waals surface area contributed by atoms with Crippen LogP contribution in [0.1, 0.15) is 13.8 Å². The molecule has 1 saturated heterocycles. The number of carbonyl (C=O) groups excluding carboxylic acids is 1. The van der Waals surface area contributed by atoms with Crippen LogP contribution in [-0.2, 0) is 9.53 Å². The number of methoxy groups -OCH3 is 2. The number of amides is 1. The van der Waals surface area contributed by atoms with Gasteiger partial charge in [-0.1, -0.05) is 0 Å². The summed E-state index contributed by atoms with van der Waals surface area (Å²) >= 11 is 1.39. The van der Waals surface area contributed by atoms with Crippen molar-refractivity contribution in [2.24, 2.45) is 0 Å². The normalized spacial score (nSPS) is 20.3. The Kier molecular flexibility index (Phi) is 6.30. The van der Waals surface area contributed by atoms with E-state index in [4.69, 9.17) is 14.2 Å². The molecule has 0 spiro atoms. The Morgan fingerprint density at radius 2 is 2.04 bits per heavy atom. The van der Waals surface area contributed by atoms with Crippen molar-refractivity contribution in [2.45, 2.75) is 26.1 Å². The molecule has 1 fully saturated rings. The van der Waals surface area contributed by atoms with Crippen LogP contribution in [0.2, 0.25) is 0 Å². The lowest BCUT2D eigenvalue weighted by molar-refractivity contribution is -0.121. The number of benzene rings is 1. The number of aromatic nitrogens is 1. The Hall–Kier alpha value is -2.16. The third kappa shape index (κ3) is 4.97. The van der Waals surface area contributed by atoms with Gasteiger partial charge in [-0.15, -0.1) is 11.3 Å². The van der Waals surface area contributed by atoms with Crippen molar-refractivity contribution < 1.29 is 19.0 Å². The van der Waals surface area contributed by atoms with Crippen molar-refractivity contribution in [1.29, 1.82) is 0 Å². The van der Waals surface area contributed by atoms with Crippen molar-refractivity contribution in [1.82, 2.24) is 9.88 Å². The molecule has 0 saturated carbocycles. The first-order valence-electron chi connectivity index (χ1n) is 8.84. The Balaban J connectivity index is 1.65. The fraction of sp³-hybridized carbons (Fsp3) is 0.474. The van der Waals surface area contributed by atoms with E-state index < -0.39 is 0 Å². The average molecular weight is 391 g/mol. The van der Waals surface area contributed by atoms with Crippen LogP contribution in [0.3, 0.4) is 0 Å². The second-order valence-electron chi connectivity index (χ2n) is 6.60. The summed E-state index contributed by atoms with van der Waals surface area (Å²) < 4.78 is 16.4. The number of nitrogens with one attached hydrogen (secondary N) is 1. The third-order valence-corrected chi connectivity index (χ3v) is 5.06. The Bertz CT molecular complexity index is 785. The lowest BCUT2D eigenvalue weighted by Crippen LogP contribution is -2.48. The van der Waals surface area contributed by atoms with Crippen LogP contribution in [0.5, 0.6) is 11.5 Å². The lowest BCUT2D eigenvalue weighted by Gasteiger charge is -2.34. The van der Waals surface area contributed by atoms with E-state index in [1.807, 2.05) is 37.4 Å². The van der Waals surface area contributed by atoms with Crippen LogP contribution in [0.25, 0.3) is 11.3 Å². The van der Waals surface area contributed by atoms with Crippen molar-refractivity contribution in [3.8, 4) is 22.8 Å². The quantitative estimate of drug-likeness (QED) is 0.816. The van der Waals surface area contributed by atoms with Gasteiger partial charge in [0.25, 0.3) is 0 Å². The Morgan fingerprint density at radius 1 is 1.30 bits per heavy atom. The molecule has 0 radical (unpaired) electrons. The van der Waals surface area contributed by atoms with E-state index in [9.17, 15) is 4.79 Å². The van der Waals surface area contributed by atoms with Gasteiger partial charge in [0.2, 0.25) is 5.91 Å². The fourth-order valence-corrected chi connectivity index (χ4v) is 3.97. The zero-order valence-corrected chi connectivity index (χ0v) is 16.8. The minimum absolute atomic E-state index is 0.0705. The minimum Gasteiger partial charge on any atom is -0.497 e. The van der Waals surface area contributed by atoms with Crippen molar-refractivity contribution in [3.63, 3.8) is 0 Å². The number of anilines is 1. The summed E-state index contributed by atoms with van der Waals surface area (Å²) in [5.74, 6) is 1.32. The van der Waals surface area contributed by atoms with Crippen LogP contribution in [0.15, 0.2) is 23.6 Å². The van der Waals surface area contributed by atoms with Gasteiger partial charge in [0.1, 0.15) is 11.5 Å². The highest BCUT2D eigenvalue weighted by Crippen LogP contribution is 2.34. The molecule has 2 unspecified atom stereocenters. The molecule has 1 N–H and O–H groups in total. The second-order valence-corrected chi connectivity index (χ2v) is 7.46. The van der Waals surface area contributed by atoms with Gasteiger partial charge < -0.3 is 19.5 Å². The molecule has 7 nitrogen and oxygen atoms in total. The number of hydrogen-bond donors (Lipinski definition) is 1.